The quantitative estimate of drug-likeness (QED) is 0.387. The van der Waals surface area contributed by atoms with E-state index in [1.54, 1.807) is 25.3 Å². The van der Waals surface area contributed by atoms with Crippen LogP contribution in [0.4, 0.5) is 0 Å². The monoisotopic (exact) mass is 192 g/mol. The van der Waals surface area contributed by atoms with E-state index in [-0.39, 0.29) is 6.10 Å². The van der Waals surface area contributed by atoms with Gasteiger partial charge in [-0.05, 0) is 29.7 Å². The van der Waals surface area contributed by atoms with Crippen molar-refractivity contribution in [3.63, 3.8) is 0 Å². The summed E-state index contributed by atoms with van der Waals surface area (Å²) >= 11 is 0. The fourth-order valence-electron chi connectivity index (χ4n) is 1.19. The average Bonchev–Trinajstić information content (AvgIpc) is 2.19. The van der Waals surface area contributed by atoms with Crippen LogP contribution in [0.2, 0.25) is 0 Å². The molecular formula is C8H8N4O2. The fourth-order valence-corrected chi connectivity index (χ4v) is 1.19. The Balaban J connectivity index is 2.30. The number of hydrogen-bond acceptors (Lipinski definition) is 4. The van der Waals surface area contributed by atoms with Crippen molar-refractivity contribution < 1.29 is 9.47 Å². The molecule has 1 aliphatic heterocycles. The van der Waals surface area contributed by atoms with Crippen LogP contribution in [0.3, 0.4) is 0 Å². The molecule has 2 rings (SSSR count). The molecule has 1 aromatic rings. The van der Waals surface area contributed by atoms with Crippen LogP contribution < -0.4 is 9.47 Å². The van der Waals surface area contributed by atoms with Crippen molar-refractivity contribution in [1.82, 2.24) is 4.98 Å². The van der Waals surface area contributed by atoms with E-state index in [9.17, 15) is 0 Å². The van der Waals surface area contributed by atoms with E-state index in [2.05, 4.69) is 15.0 Å². The summed E-state index contributed by atoms with van der Waals surface area (Å²) in [5.41, 5.74) is 8.29. The molecule has 0 saturated heterocycles. The average molecular weight is 192 g/mol. The zero-order chi connectivity index (χ0) is 9.97. The van der Waals surface area contributed by atoms with Crippen LogP contribution in [0.25, 0.3) is 10.4 Å². The van der Waals surface area contributed by atoms with Crippen molar-refractivity contribution >= 4 is 0 Å². The number of pyridine rings is 1. The molecule has 2 heterocycles. The van der Waals surface area contributed by atoms with Gasteiger partial charge in [-0.3, -0.25) is 0 Å². The molecule has 6 nitrogen and oxygen atoms in total. The summed E-state index contributed by atoms with van der Waals surface area (Å²) in [4.78, 5) is 6.63. The molecule has 0 saturated carbocycles. The summed E-state index contributed by atoms with van der Waals surface area (Å²) in [7, 11) is 0. The predicted molar refractivity (Wildman–Crippen MR) is 47.9 cm³/mol. The third-order valence-corrected chi connectivity index (χ3v) is 1.85. The maximum atomic E-state index is 8.29. The van der Waals surface area contributed by atoms with Crippen molar-refractivity contribution in [2.75, 3.05) is 0 Å². The molecule has 0 aliphatic carbocycles. The highest BCUT2D eigenvalue weighted by Crippen LogP contribution is 2.31. The minimum Gasteiger partial charge on any atom is -0.481 e. The maximum absolute atomic E-state index is 8.29. The summed E-state index contributed by atoms with van der Waals surface area (Å²) in [5, 5.41) is 3.46. The molecule has 0 bridgehead atoms. The first-order chi connectivity index (χ1) is 6.81. The number of ether oxygens (including phenoxy) is 2. The normalized spacial score (nSPS) is 23.8. The third kappa shape index (κ3) is 1.43. The SMILES string of the molecule is CC1Oc2cccnc2OC1N=[N+]=[N-]. The van der Waals surface area contributed by atoms with Crippen molar-refractivity contribution in [2.45, 2.75) is 19.3 Å². The van der Waals surface area contributed by atoms with Crippen LogP contribution in [0, 0.1) is 0 Å². The molecule has 72 valence electrons. The van der Waals surface area contributed by atoms with E-state index in [0.717, 1.165) is 0 Å². The van der Waals surface area contributed by atoms with Crippen molar-refractivity contribution in [3.8, 4) is 11.6 Å². The second-order valence-corrected chi connectivity index (χ2v) is 2.84. The molecule has 1 aliphatic rings. The second-order valence-electron chi connectivity index (χ2n) is 2.84. The fraction of sp³-hybridized carbons (Fsp3) is 0.375. The van der Waals surface area contributed by atoms with Crippen LogP contribution in [-0.2, 0) is 0 Å². The van der Waals surface area contributed by atoms with Gasteiger partial charge in [0.15, 0.2) is 5.75 Å². The Labute approximate surface area is 80.1 Å². The van der Waals surface area contributed by atoms with Crippen LogP contribution in [-0.4, -0.2) is 17.3 Å². The molecule has 0 N–H and O–H groups in total. The van der Waals surface area contributed by atoms with Crippen LogP contribution in [0.15, 0.2) is 23.4 Å². The van der Waals surface area contributed by atoms with E-state index in [4.69, 9.17) is 15.0 Å². The van der Waals surface area contributed by atoms with Crippen molar-refractivity contribution in [2.24, 2.45) is 5.11 Å². The van der Waals surface area contributed by atoms with Crippen molar-refractivity contribution in [3.05, 3.63) is 28.8 Å². The number of azide groups is 1. The summed E-state index contributed by atoms with van der Waals surface area (Å²) < 4.78 is 10.8. The maximum Gasteiger partial charge on any atom is 0.257 e. The number of rotatable bonds is 1. The molecule has 0 radical (unpaired) electrons. The molecule has 0 spiro atoms. The molecule has 0 aromatic carbocycles. The topological polar surface area (TPSA) is 80.1 Å². The van der Waals surface area contributed by atoms with E-state index in [1.807, 2.05) is 0 Å². The van der Waals surface area contributed by atoms with Crippen LogP contribution in [0.5, 0.6) is 11.6 Å². The first kappa shape index (κ1) is 8.65. The Kier molecular flexibility index (Phi) is 2.12. The third-order valence-electron chi connectivity index (χ3n) is 1.85. The molecule has 6 heteroatoms. The Morgan fingerprint density at radius 3 is 3.21 bits per heavy atom. The van der Waals surface area contributed by atoms with Gasteiger partial charge in [0.05, 0.1) is 0 Å². The minimum absolute atomic E-state index is 0.303. The lowest BCUT2D eigenvalue weighted by Gasteiger charge is -2.27. The number of nitrogens with zero attached hydrogens (tertiary/aromatic N) is 4. The summed E-state index contributed by atoms with van der Waals surface area (Å²) in [6.45, 7) is 1.77. The first-order valence-corrected chi connectivity index (χ1v) is 4.14. The number of hydrogen-bond donors (Lipinski definition) is 0. The van der Waals surface area contributed by atoms with Gasteiger partial charge in [-0.1, -0.05) is 0 Å². The van der Waals surface area contributed by atoms with Crippen LogP contribution >= 0.6 is 0 Å². The Hall–Kier alpha value is -1.94. The molecule has 0 fully saturated rings. The van der Waals surface area contributed by atoms with Gasteiger partial charge in [0.2, 0.25) is 6.23 Å². The molecule has 14 heavy (non-hydrogen) atoms. The van der Waals surface area contributed by atoms with Gasteiger partial charge in [-0.2, -0.15) is 0 Å². The number of aromatic nitrogens is 1. The summed E-state index contributed by atoms with van der Waals surface area (Å²) in [6.07, 6.45) is 0.635. The smallest absolute Gasteiger partial charge is 0.257 e. The standard InChI is InChI=1S/C8H8N4O2/c1-5-7(11-12-9)14-8-6(13-5)3-2-4-10-8/h2-5,7H,1H3. The van der Waals surface area contributed by atoms with Crippen LogP contribution in [0.1, 0.15) is 6.92 Å². The lowest BCUT2D eigenvalue weighted by molar-refractivity contribution is 0.0312. The minimum atomic E-state index is -0.651. The zero-order valence-electron chi connectivity index (χ0n) is 7.49. The largest absolute Gasteiger partial charge is 0.481 e. The van der Waals surface area contributed by atoms with E-state index in [0.29, 0.717) is 11.6 Å². The van der Waals surface area contributed by atoms with Crippen molar-refractivity contribution in [1.29, 1.82) is 0 Å². The Bertz CT molecular complexity index is 389. The van der Waals surface area contributed by atoms with Gasteiger partial charge in [0.1, 0.15) is 6.10 Å². The van der Waals surface area contributed by atoms with Gasteiger partial charge in [-0.15, -0.1) is 0 Å². The summed E-state index contributed by atoms with van der Waals surface area (Å²) in [6, 6.07) is 3.51. The Morgan fingerprint density at radius 1 is 1.57 bits per heavy atom. The second kappa shape index (κ2) is 3.43. The summed E-state index contributed by atoms with van der Waals surface area (Å²) in [5.74, 6) is 0.937. The molecule has 2 unspecified atom stereocenters. The van der Waals surface area contributed by atoms with Gasteiger partial charge in [0.25, 0.3) is 5.88 Å². The Morgan fingerprint density at radius 2 is 2.43 bits per heavy atom. The highest BCUT2D eigenvalue weighted by atomic mass is 16.6. The highest BCUT2D eigenvalue weighted by molar-refractivity contribution is 5.34. The van der Waals surface area contributed by atoms with Gasteiger partial charge in [0, 0.05) is 11.1 Å². The molecule has 1 aromatic heterocycles. The van der Waals surface area contributed by atoms with Gasteiger partial charge in [-0.25, -0.2) is 4.98 Å². The number of fused-ring (bicyclic) bond motifs is 1. The molecular weight excluding hydrogens is 184 g/mol. The predicted octanol–water partition coefficient (Wildman–Crippen LogP) is 1.88. The lowest BCUT2D eigenvalue weighted by atomic mass is 10.3. The zero-order valence-corrected chi connectivity index (χ0v) is 7.49. The highest BCUT2D eigenvalue weighted by Gasteiger charge is 2.27. The van der Waals surface area contributed by atoms with E-state index >= 15 is 0 Å². The van der Waals surface area contributed by atoms with Gasteiger partial charge < -0.3 is 9.47 Å². The molecule has 2 atom stereocenters. The molecule has 0 amide bonds. The first-order valence-electron chi connectivity index (χ1n) is 4.14. The van der Waals surface area contributed by atoms with E-state index < -0.39 is 6.23 Å². The lowest BCUT2D eigenvalue weighted by Crippen LogP contribution is -2.36. The van der Waals surface area contributed by atoms with Gasteiger partial charge >= 0.3 is 0 Å². The van der Waals surface area contributed by atoms with E-state index in [1.165, 1.54) is 0 Å².